The maximum Gasteiger partial charge on any atom is 0.220 e. The summed E-state index contributed by atoms with van der Waals surface area (Å²) in [7, 11) is 6.34. The molecule has 0 saturated carbocycles. The van der Waals surface area contributed by atoms with Gasteiger partial charge in [0.05, 0.1) is 34.5 Å². The number of carbonyl (C=O) groups is 1. The van der Waals surface area contributed by atoms with Gasteiger partial charge in [-0.3, -0.25) is 4.79 Å². The maximum absolute atomic E-state index is 12.5. The monoisotopic (exact) mass is 387 g/mol. The van der Waals surface area contributed by atoms with Gasteiger partial charge in [0.1, 0.15) is 5.75 Å². The predicted octanol–water partition coefficient (Wildman–Crippen LogP) is 3.84. The Morgan fingerprint density at radius 1 is 0.929 bits per heavy atom. The molecule has 0 fully saturated rings. The van der Waals surface area contributed by atoms with Crippen LogP contribution in [0.2, 0.25) is 0 Å². The SMILES string of the molecule is COc1ccc(C)cc1[C@H](C)NC(=O)CCc1cc(OC)c(OC)c(OC)c1. The van der Waals surface area contributed by atoms with Crippen molar-refractivity contribution in [2.75, 3.05) is 28.4 Å². The number of benzene rings is 2. The molecule has 152 valence electrons. The number of carbonyl (C=O) groups excluding carboxylic acids is 1. The highest BCUT2D eigenvalue weighted by Gasteiger charge is 2.16. The van der Waals surface area contributed by atoms with Crippen LogP contribution in [0.3, 0.4) is 0 Å². The van der Waals surface area contributed by atoms with Crippen LogP contribution >= 0.6 is 0 Å². The summed E-state index contributed by atoms with van der Waals surface area (Å²) in [5.74, 6) is 2.43. The van der Waals surface area contributed by atoms with E-state index in [1.54, 1.807) is 28.4 Å². The number of amides is 1. The number of hydrogen-bond acceptors (Lipinski definition) is 5. The molecule has 0 aromatic heterocycles. The summed E-state index contributed by atoms with van der Waals surface area (Å²) < 4.78 is 21.5. The van der Waals surface area contributed by atoms with Crippen LogP contribution in [0.4, 0.5) is 0 Å². The molecule has 0 spiro atoms. The summed E-state index contributed by atoms with van der Waals surface area (Å²) in [5.41, 5.74) is 3.02. The van der Waals surface area contributed by atoms with E-state index in [1.165, 1.54) is 0 Å². The van der Waals surface area contributed by atoms with Crippen LogP contribution in [0.25, 0.3) is 0 Å². The number of nitrogens with one attached hydrogen (secondary N) is 1. The molecule has 2 rings (SSSR count). The standard InChI is InChI=1S/C22H29NO5/c1-14-7-9-18(25-3)17(11-14)15(2)23-21(24)10-8-16-12-19(26-4)22(28-6)20(13-16)27-5/h7,9,11-13,15H,8,10H2,1-6H3,(H,23,24)/t15-/m0/s1. The Labute approximate surface area is 166 Å². The van der Waals surface area contributed by atoms with Crippen LogP contribution in [-0.4, -0.2) is 34.3 Å². The van der Waals surface area contributed by atoms with E-state index in [0.717, 1.165) is 22.4 Å². The first-order chi connectivity index (χ1) is 13.4. The molecule has 0 heterocycles. The summed E-state index contributed by atoms with van der Waals surface area (Å²) >= 11 is 0. The first-order valence-electron chi connectivity index (χ1n) is 9.16. The largest absolute Gasteiger partial charge is 0.496 e. The summed E-state index contributed by atoms with van der Waals surface area (Å²) in [4.78, 5) is 12.5. The van der Waals surface area contributed by atoms with E-state index in [1.807, 2.05) is 44.2 Å². The fourth-order valence-corrected chi connectivity index (χ4v) is 3.12. The quantitative estimate of drug-likeness (QED) is 0.708. The Morgan fingerprint density at radius 3 is 2.07 bits per heavy atom. The number of rotatable bonds is 9. The summed E-state index contributed by atoms with van der Waals surface area (Å²) in [6.45, 7) is 3.97. The van der Waals surface area contributed by atoms with Gasteiger partial charge in [-0.05, 0) is 44.0 Å². The molecule has 2 aromatic carbocycles. The van der Waals surface area contributed by atoms with E-state index in [4.69, 9.17) is 18.9 Å². The van der Waals surface area contributed by atoms with E-state index in [0.29, 0.717) is 30.1 Å². The van der Waals surface area contributed by atoms with E-state index >= 15 is 0 Å². The van der Waals surface area contributed by atoms with E-state index in [-0.39, 0.29) is 11.9 Å². The highest BCUT2D eigenvalue weighted by molar-refractivity contribution is 5.77. The zero-order valence-corrected chi connectivity index (χ0v) is 17.4. The van der Waals surface area contributed by atoms with Gasteiger partial charge in [-0.1, -0.05) is 17.7 Å². The number of aryl methyl sites for hydroxylation is 2. The first kappa shape index (κ1) is 21.4. The minimum atomic E-state index is -0.151. The fraction of sp³-hybridized carbons (Fsp3) is 0.409. The van der Waals surface area contributed by atoms with Gasteiger partial charge in [-0.25, -0.2) is 0 Å². The molecule has 2 aromatic rings. The Bertz CT molecular complexity index is 794. The van der Waals surface area contributed by atoms with Crippen molar-refractivity contribution in [2.45, 2.75) is 32.7 Å². The molecule has 0 aliphatic carbocycles. The average molecular weight is 387 g/mol. The molecule has 1 N–H and O–H groups in total. The summed E-state index contributed by atoms with van der Waals surface area (Å²) in [6, 6.07) is 9.51. The second-order valence-electron chi connectivity index (χ2n) is 6.57. The molecule has 0 aliphatic heterocycles. The number of ether oxygens (including phenoxy) is 4. The molecular formula is C22H29NO5. The third-order valence-electron chi connectivity index (χ3n) is 4.59. The minimum absolute atomic E-state index is 0.0372. The highest BCUT2D eigenvalue weighted by Crippen LogP contribution is 2.38. The van der Waals surface area contributed by atoms with Crippen molar-refractivity contribution < 1.29 is 23.7 Å². The zero-order valence-electron chi connectivity index (χ0n) is 17.4. The topological polar surface area (TPSA) is 66.0 Å². The summed E-state index contributed by atoms with van der Waals surface area (Å²) in [6.07, 6.45) is 0.900. The molecule has 6 heteroatoms. The second-order valence-corrected chi connectivity index (χ2v) is 6.57. The van der Waals surface area contributed by atoms with Crippen molar-refractivity contribution in [3.05, 3.63) is 47.0 Å². The third-order valence-corrected chi connectivity index (χ3v) is 4.59. The van der Waals surface area contributed by atoms with E-state index in [2.05, 4.69) is 5.32 Å². The lowest BCUT2D eigenvalue weighted by molar-refractivity contribution is -0.121. The van der Waals surface area contributed by atoms with Crippen LogP contribution in [-0.2, 0) is 11.2 Å². The normalized spacial score (nSPS) is 11.5. The first-order valence-corrected chi connectivity index (χ1v) is 9.16. The van der Waals surface area contributed by atoms with Crippen LogP contribution in [0.1, 0.15) is 36.1 Å². The van der Waals surface area contributed by atoms with Gasteiger partial charge in [-0.15, -0.1) is 0 Å². The molecule has 0 saturated heterocycles. The lowest BCUT2D eigenvalue weighted by Crippen LogP contribution is -2.27. The molecule has 6 nitrogen and oxygen atoms in total. The Morgan fingerprint density at radius 2 is 1.54 bits per heavy atom. The van der Waals surface area contributed by atoms with Crippen LogP contribution in [0, 0.1) is 6.92 Å². The zero-order chi connectivity index (χ0) is 20.7. The van der Waals surface area contributed by atoms with Gasteiger partial charge >= 0.3 is 0 Å². The Hall–Kier alpha value is -2.89. The van der Waals surface area contributed by atoms with Crippen molar-refractivity contribution in [1.29, 1.82) is 0 Å². The smallest absolute Gasteiger partial charge is 0.220 e. The van der Waals surface area contributed by atoms with Crippen LogP contribution in [0.15, 0.2) is 30.3 Å². The van der Waals surface area contributed by atoms with Crippen molar-refractivity contribution in [3.8, 4) is 23.0 Å². The van der Waals surface area contributed by atoms with E-state index < -0.39 is 0 Å². The molecule has 0 bridgehead atoms. The Balaban J connectivity index is 2.05. The second kappa shape index (κ2) is 9.88. The van der Waals surface area contributed by atoms with Crippen LogP contribution in [0.5, 0.6) is 23.0 Å². The lowest BCUT2D eigenvalue weighted by atomic mass is 10.0. The van der Waals surface area contributed by atoms with Crippen LogP contribution < -0.4 is 24.3 Å². The minimum Gasteiger partial charge on any atom is -0.496 e. The van der Waals surface area contributed by atoms with Gasteiger partial charge in [0, 0.05) is 12.0 Å². The molecule has 0 unspecified atom stereocenters. The lowest BCUT2D eigenvalue weighted by Gasteiger charge is -2.18. The van der Waals surface area contributed by atoms with Gasteiger partial charge in [0.15, 0.2) is 11.5 Å². The van der Waals surface area contributed by atoms with Crippen molar-refractivity contribution in [3.63, 3.8) is 0 Å². The van der Waals surface area contributed by atoms with Crippen molar-refractivity contribution >= 4 is 5.91 Å². The van der Waals surface area contributed by atoms with Gasteiger partial charge in [-0.2, -0.15) is 0 Å². The van der Waals surface area contributed by atoms with Gasteiger partial charge < -0.3 is 24.3 Å². The average Bonchev–Trinajstić information content (AvgIpc) is 2.71. The molecular weight excluding hydrogens is 358 g/mol. The summed E-state index contributed by atoms with van der Waals surface area (Å²) in [5, 5.41) is 3.04. The fourth-order valence-electron chi connectivity index (χ4n) is 3.12. The molecule has 0 radical (unpaired) electrons. The number of hydrogen-bond donors (Lipinski definition) is 1. The number of methoxy groups -OCH3 is 4. The molecule has 1 amide bonds. The third kappa shape index (κ3) is 5.09. The van der Waals surface area contributed by atoms with Gasteiger partial charge in [0.2, 0.25) is 11.7 Å². The molecule has 1 atom stereocenters. The highest BCUT2D eigenvalue weighted by atomic mass is 16.5. The van der Waals surface area contributed by atoms with E-state index in [9.17, 15) is 4.79 Å². The van der Waals surface area contributed by atoms with Gasteiger partial charge in [0.25, 0.3) is 0 Å². The maximum atomic E-state index is 12.5. The van der Waals surface area contributed by atoms with Crippen molar-refractivity contribution in [1.82, 2.24) is 5.32 Å². The molecule has 0 aliphatic rings. The predicted molar refractivity (Wildman–Crippen MR) is 109 cm³/mol. The van der Waals surface area contributed by atoms with Crippen molar-refractivity contribution in [2.24, 2.45) is 0 Å². The Kier molecular flexibility index (Phi) is 7.55. The molecule has 28 heavy (non-hydrogen) atoms.